The monoisotopic (exact) mass is 278 g/mol. The number of hydrogen-bond donors (Lipinski definition) is 1. The van der Waals surface area contributed by atoms with Crippen molar-refractivity contribution in [2.24, 2.45) is 0 Å². The van der Waals surface area contributed by atoms with E-state index in [9.17, 15) is 19.6 Å². The van der Waals surface area contributed by atoms with Gasteiger partial charge in [0, 0.05) is 18.3 Å². The van der Waals surface area contributed by atoms with Crippen LogP contribution in [-0.4, -0.2) is 15.0 Å². The minimum Gasteiger partial charge on any atom is -0.436 e. The summed E-state index contributed by atoms with van der Waals surface area (Å²) in [5.41, 5.74) is 0.206. The van der Waals surface area contributed by atoms with Gasteiger partial charge in [-0.05, 0) is 24.6 Å². The Bertz CT molecular complexity index is 646. The Morgan fingerprint density at radius 3 is 2.75 bits per heavy atom. The zero-order chi connectivity index (χ0) is 14.7. The van der Waals surface area contributed by atoms with Crippen LogP contribution >= 0.6 is 0 Å². The zero-order valence-electron chi connectivity index (χ0n) is 10.5. The van der Waals surface area contributed by atoms with Gasteiger partial charge in [0.05, 0.1) is 17.1 Å². The van der Waals surface area contributed by atoms with Crippen molar-refractivity contribution in [1.29, 1.82) is 0 Å². The lowest BCUT2D eigenvalue weighted by atomic mass is 10.2. The van der Waals surface area contributed by atoms with Crippen molar-refractivity contribution >= 4 is 5.69 Å². The minimum absolute atomic E-state index is 0.0937. The van der Waals surface area contributed by atoms with Crippen LogP contribution in [0.4, 0.5) is 10.1 Å². The van der Waals surface area contributed by atoms with Gasteiger partial charge in [-0.1, -0.05) is 0 Å². The quantitative estimate of drug-likeness (QED) is 0.686. The maximum atomic E-state index is 13.6. The predicted molar refractivity (Wildman–Crippen MR) is 68.0 cm³/mol. The SMILES string of the molecule is C[C@@H](O)c1ccnc(Oc2ccc([N+](=O)[O-])cc2F)c1. The standard InChI is InChI=1S/C13H11FN2O4/c1-8(17)9-4-5-15-13(6-9)20-12-3-2-10(16(18)19)7-11(12)14/h2-8,17H,1H3/t8-/m1/s1. The Balaban J connectivity index is 2.26. The van der Waals surface area contributed by atoms with Crippen molar-refractivity contribution in [1.82, 2.24) is 4.98 Å². The van der Waals surface area contributed by atoms with Gasteiger partial charge in [-0.2, -0.15) is 0 Å². The first-order valence-corrected chi connectivity index (χ1v) is 5.73. The summed E-state index contributed by atoms with van der Waals surface area (Å²) < 4.78 is 18.9. The van der Waals surface area contributed by atoms with E-state index in [1.807, 2.05) is 0 Å². The molecule has 0 radical (unpaired) electrons. The molecule has 0 bridgehead atoms. The van der Waals surface area contributed by atoms with E-state index in [4.69, 9.17) is 4.74 Å². The summed E-state index contributed by atoms with van der Waals surface area (Å²) in [6, 6.07) is 6.13. The molecule has 0 fully saturated rings. The van der Waals surface area contributed by atoms with E-state index in [1.165, 1.54) is 12.3 Å². The number of pyridine rings is 1. The lowest BCUT2D eigenvalue weighted by Gasteiger charge is -2.08. The molecule has 0 aliphatic heterocycles. The highest BCUT2D eigenvalue weighted by atomic mass is 19.1. The summed E-state index contributed by atoms with van der Waals surface area (Å²) >= 11 is 0. The third kappa shape index (κ3) is 3.07. The van der Waals surface area contributed by atoms with Crippen LogP contribution in [0.2, 0.25) is 0 Å². The van der Waals surface area contributed by atoms with Crippen LogP contribution in [0, 0.1) is 15.9 Å². The Morgan fingerprint density at radius 1 is 1.40 bits per heavy atom. The van der Waals surface area contributed by atoms with E-state index in [2.05, 4.69) is 4.98 Å². The fraction of sp³-hybridized carbons (Fsp3) is 0.154. The molecule has 1 aromatic heterocycles. The summed E-state index contributed by atoms with van der Waals surface area (Å²) in [4.78, 5) is 13.7. The molecule has 104 valence electrons. The van der Waals surface area contributed by atoms with E-state index in [0.717, 1.165) is 18.2 Å². The van der Waals surface area contributed by atoms with E-state index in [-0.39, 0.29) is 17.3 Å². The molecule has 6 nitrogen and oxygen atoms in total. The van der Waals surface area contributed by atoms with Crippen molar-refractivity contribution in [2.75, 3.05) is 0 Å². The van der Waals surface area contributed by atoms with E-state index in [0.29, 0.717) is 5.56 Å². The number of nitrogens with zero attached hydrogens (tertiary/aromatic N) is 2. The van der Waals surface area contributed by atoms with Gasteiger partial charge < -0.3 is 9.84 Å². The third-order valence-corrected chi connectivity index (χ3v) is 2.58. The molecule has 0 saturated carbocycles. The summed E-state index contributed by atoms with van der Waals surface area (Å²) in [5.74, 6) is -0.939. The van der Waals surface area contributed by atoms with Gasteiger partial charge in [0.25, 0.3) is 5.69 Å². The molecule has 2 aromatic rings. The number of benzene rings is 1. The Hall–Kier alpha value is -2.54. The van der Waals surface area contributed by atoms with Crippen molar-refractivity contribution in [3.63, 3.8) is 0 Å². The maximum absolute atomic E-state index is 13.6. The molecule has 1 aromatic carbocycles. The number of aromatic nitrogens is 1. The molecule has 0 saturated heterocycles. The second-order valence-electron chi connectivity index (χ2n) is 4.08. The highest BCUT2D eigenvalue weighted by Crippen LogP contribution is 2.27. The molecule has 7 heteroatoms. The lowest BCUT2D eigenvalue weighted by molar-refractivity contribution is -0.385. The molecule has 1 atom stereocenters. The number of ether oxygens (including phenoxy) is 1. The minimum atomic E-state index is -0.858. The fourth-order valence-electron chi connectivity index (χ4n) is 1.54. The molecule has 0 aliphatic carbocycles. The van der Waals surface area contributed by atoms with Gasteiger partial charge in [0.2, 0.25) is 5.88 Å². The van der Waals surface area contributed by atoms with Crippen molar-refractivity contribution in [3.05, 3.63) is 58.0 Å². The van der Waals surface area contributed by atoms with Crippen molar-refractivity contribution in [2.45, 2.75) is 13.0 Å². The van der Waals surface area contributed by atoms with Gasteiger partial charge in [0.1, 0.15) is 0 Å². The van der Waals surface area contributed by atoms with Gasteiger partial charge in [-0.3, -0.25) is 10.1 Å². The topological polar surface area (TPSA) is 85.5 Å². The van der Waals surface area contributed by atoms with E-state index >= 15 is 0 Å². The lowest BCUT2D eigenvalue weighted by Crippen LogP contribution is -1.96. The van der Waals surface area contributed by atoms with Gasteiger partial charge in [-0.25, -0.2) is 9.37 Å². The molecule has 1 N–H and O–H groups in total. The molecule has 0 spiro atoms. The van der Waals surface area contributed by atoms with E-state index in [1.54, 1.807) is 13.0 Å². The zero-order valence-corrected chi connectivity index (χ0v) is 10.5. The van der Waals surface area contributed by atoms with Gasteiger partial charge >= 0.3 is 0 Å². The highest BCUT2D eigenvalue weighted by molar-refractivity contribution is 5.39. The highest BCUT2D eigenvalue weighted by Gasteiger charge is 2.13. The Labute approximate surface area is 113 Å². The Kier molecular flexibility index (Phi) is 3.90. The molecule has 0 amide bonds. The number of nitro groups is 1. The summed E-state index contributed by atoms with van der Waals surface area (Å²) in [5, 5.41) is 19.9. The number of halogens is 1. The average molecular weight is 278 g/mol. The number of rotatable bonds is 4. The first-order chi connectivity index (χ1) is 9.47. The molecular formula is C13H11FN2O4. The number of hydrogen-bond acceptors (Lipinski definition) is 5. The number of aliphatic hydroxyl groups excluding tert-OH is 1. The number of non-ortho nitro benzene ring substituents is 1. The molecule has 20 heavy (non-hydrogen) atoms. The Morgan fingerprint density at radius 2 is 2.15 bits per heavy atom. The number of aliphatic hydroxyl groups is 1. The smallest absolute Gasteiger partial charge is 0.272 e. The van der Waals surface area contributed by atoms with Gasteiger partial charge in [-0.15, -0.1) is 0 Å². The summed E-state index contributed by atoms with van der Waals surface area (Å²) in [7, 11) is 0. The van der Waals surface area contributed by atoms with Crippen LogP contribution in [0.1, 0.15) is 18.6 Å². The third-order valence-electron chi connectivity index (χ3n) is 2.58. The summed E-state index contributed by atoms with van der Waals surface area (Å²) in [6.07, 6.45) is 0.711. The normalized spacial score (nSPS) is 11.9. The predicted octanol–water partition coefficient (Wildman–Crippen LogP) is 2.97. The molecule has 0 unspecified atom stereocenters. The molecule has 1 heterocycles. The second kappa shape index (κ2) is 5.62. The first kappa shape index (κ1) is 13.9. The van der Waals surface area contributed by atoms with E-state index < -0.39 is 16.8 Å². The fourth-order valence-corrected chi connectivity index (χ4v) is 1.54. The van der Waals surface area contributed by atoms with Crippen LogP contribution in [-0.2, 0) is 0 Å². The maximum Gasteiger partial charge on any atom is 0.272 e. The summed E-state index contributed by atoms with van der Waals surface area (Å²) in [6.45, 7) is 1.57. The molecular weight excluding hydrogens is 267 g/mol. The van der Waals surface area contributed by atoms with Crippen LogP contribution in [0.15, 0.2) is 36.5 Å². The molecule has 2 rings (SSSR count). The molecule has 0 aliphatic rings. The number of nitro benzene ring substituents is 1. The average Bonchev–Trinajstić information content (AvgIpc) is 2.41. The second-order valence-corrected chi connectivity index (χ2v) is 4.08. The van der Waals surface area contributed by atoms with Crippen molar-refractivity contribution < 1.29 is 19.2 Å². The van der Waals surface area contributed by atoms with Crippen LogP contribution in [0.25, 0.3) is 0 Å². The van der Waals surface area contributed by atoms with Crippen LogP contribution in [0.5, 0.6) is 11.6 Å². The van der Waals surface area contributed by atoms with Crippen molar-refractivity contribution in [3.8, 4) is 11.6 Å². The first-order valence-electron chi connectivity index (χ1n) is 5.73. The van der Waals surface area contributed by atoms with Gasteiger partial charge in [0.15, 0.2) is 11.6 Å². The van der Waals surface area contributed by atoms with Crippen LogP contribution in [0.3, 0.4) is 0 Å². The van der Waals surface area contributed by atoms with Crippen LogP contribution < -0.4 is 4.74 Å². The largest absolute Gasteiger partial charge is 0.436 e.